The average Bonchev–Trinajstić information content (AvgIpc) is 2.36. The summed E-state index contributed by atoms with van der Waals surface area (Å²) in [5, 5.41) is 19.7. The van der Waals surface area contributed by atoms with Crippen LogP contribution in [0.1, 0.15) is 53.4 Å². The molecule has 0 saturated heterocycles. The molecule has 0 radical (unpaired) electrons. The van der Waals surface area contributed by atoms with Crippen LogP contribution in [0.4, 0.5) is 0 Å². The normalized spacial score (nSPS) is 24.6. The molecule has 0 spiro atoms. The molecular formula is C15H32N4O. The molecule has 0 aromatic heterocycles. The predicted molar refractivity (Wildman–Crippen MR) is 85.1 cm³/mol. The molecule has 0 aliphatic heterocycles. The maximum absolute atomic E-state index is 9.53. The minimum Gasteiger partial charge on any atom is -0.393 e. The minimum atomic E-state index is -0.108. The van der Waals surface area contributed by atoms with Crippen molar-refractivity contribution < 1.29 is 5.11 Å². The van der Waals surface area contributed by atoms with Gasteiger partial charge in [-0.15, -0.1) is 0 Å². The second-order valence-electron chi connectivity index (χ2n) is 6.59. The molecule has 0 heterocycles. The first-order chi connectivity index (χ1) is 9.40. The van der Waals surface area contributed by atoms with Crippen LogP contribution in [0.15, 0.2) is 4.99 Å². The van der Waals surface area contributed by atoms with Crippen molar-refractivity contribution in [1.29, 1.82) is 0 Å². The maximum atomic E-state index is 9.53. The number of aliphatic imine (C=N–C) groups is 1. The first kappa shape index (κ1) is 17.2. The summed E-state index contributed by atoms with van der Waals surface area (Å²) in [6, 6.07) is 0.437. The number of rotatable bonds is 5. The van der Waals surface area contributed by atoms with Crippen molar-refractivity contribution in [2.75, 3.05) is 19.6 Å². The molecule has 1 aliphatic carbocycles. The van der Waals surface area contributed by atoms with Crippen LogP contribution < -0.4 is 16.0 Å². The molecular weight excluding hydrogens is 252 g/mol. The van der Waals surface area contributed by atoms with E-state index in [2.05, 4.69) is 48.6 Å². The lowest BCUT2D eigenvalue weighted by atomic mass is 9.93. The molecule has 0 atom stereocenters. The Morgan fingerprint density at radius 2 is 1.85 bits per heavy atom. The van der Waals surface area contributed by atoms with Crippen LogP contribution in [0.3, 0.4) is 0 Å². The van der Waals surface area contributed by atoms with Crippen LogP contribution >= 0.6 is 0 Å². The van der Waals surface area contributed by atoms with Gasteiger partial charge in [-0.05, 0) is 53.4 Å². The van der Waals surface area contributed by atoms with Gasteiger partial charge in [0, 0.05) is 24.7 Å². The van der Waals surface area contributed by atoms with E-state index in [4.69, 9.17) is 0 Å². The van der Waals surface area contributed by atoms with Gasteiger partial charge in [-0.3, -0.25) is 4.99 Å². The first-order valence-corrected chi connectivity index (χ1v) is 7.88. The van der Waals surface area contributed by atoms with Gasteiger partial charge in [0.15, 0.2) is 5.96 Å². The standard InChI is InChI=1S/C15H32N4O/c1-5-16-14(17-10-11-18-15(2,3)4)19-12-6-8-13(20)9-7-12/h12-13,18,20H,5-11H2,1-4H3,(H2,16,17,19). The number of nitrogens with zero attached hydrogens (tertiary/aromatic N) is 1. The number of hydrogen-bond donors (Lipinski definition) is 4. The van der Waals surface area contributed by atoms with Crippen LogP contribution in [0.5, 0.6) is 0 Å². The number of hydrogen-bond acceptors (Lipinski definition) is 3. The van der Waals surface area contributed by atoms with E-state index < -0.39 is 0 Å². The van der Waals surface area contributed by atoms with Gasteiger partial charge in [0.25, 0.3) is 0 Å². The Labute approximate surface area is 123 Å². The summed E-state index contributed by atoms with van der Waals surface area (Å²) in [6.07, 6.45) is 3.71. The molecule has 0 amide bonds. The van der Waals surface area contributed by atoms with Gasteiger partial charge in [-0.25, -0.2) is 0 Å². The Morgan fingerprint density at radius 3 is 2.40 bits per heavy atom. The summed E-state index contributed by atoms with van der Waals surface area (Å²) in [5.74, 6) is 0.893. The highest BCUT2D eigenvalue weighted by molar-refractivity contribution is 5.80. The molecule has 1 saturated carbocycles. The van der Waals surface area contributed by atoms with Crippen molar-refractivity contribution in [3.05, 3.63) is 0 Å². The SMILES string of the molecule is CCNC(=NCCNC(C)(C)C)NC1CCC(O)CC1. The van der Waals surface area contributed by atoms with Gasteiger partial charge in [0.2, 0.25) is 0 Å². The highest BCUT2D eigenvalue weighted by Crippen LogP contribution is 2.18. The van der Waals surface area contributed by atoms with E-state index in [0.29, 0.717) is 6.04 Å². The number of aliphatic hydroxyl groups is 1. The Hall–Kier alpha value is -0.810. The topological polar surface area (TPSA) is 68.7 Å². The van der Waals surface area contributed by atoms with E-state index in [1.807, 2.05) is 0 Å². The van der Waals surface area contributed by atoms with Gasteiger partial charge >= 0.3 is 0 Å². The zero-order valence-corrected chi connectivity index (χ0v) is 13.5. The molecule has 118 valence electrons. The van der Waals surface area contributed by atoms with Crippen LogP contribution in [0.2, 0.25) is 0 Å². The third-order valence-corrected chi connectivity index (χ3v) is 3.42. The summed E-state index contributed by atoms with van der Waals surface area (Å²) in [7, 11) is 0. The molecule has 4 N–H and O–H groups in total. The number of guanidine groups is 1. The molecule has 0 bridgehead atoms. The molecule has 5 nitrogen and oxygen atoms in total. The quantitative estimate of drug-likeness (QED) is 0.348. The van der Waals surface area contributed by atoms with Crippen LogP contribution in [0, 0.1) is 0 Å². The van der Waals surface area contributed by atoms with Gasteiger partial charge in [-0.1, -0.05) is 0 Å². The second kappa shape index (κ2) is 8.47. The zero-order chi connectivity index (χ0) is 15.0. The summed E-state index contributed by atoms with van der Waals surface area (Å²) in [4.78, 5) is 4.60. The van der Waals surface area contributed by atoms with Crippen LogP contribution in [-0.4, -0.2) is 48.4 Å². The zero-order valence-electron chi connectivity index (χ0n) is 13.5. The van der Waals surface area contributed by atoms with Gasteiger partial charge in [-0.2, -0.15) is 0 Å². The van der Waals surface area contributed by atoms with Crippen molar-refractivity contribution in [2.24, 2.45) is 4.99 Å². The van der Waals surface area contributed by atoms with Crippen molar-refractivity contribution in [1.82, 2.24) is 16.0 Å². The highest BCUT2D eigenvalue weighted by atomic mass is 16.3. The fourth-order valence-corrected chi connectivity index (χ4v) is 2.33. The van der Waals surface area contributed by atoms with E-state index in [1.54, 1.807) is 0 Å². The Bertz CT molecular complexity index is 291. The molecule has 0 unspecified atom stereocenters. The van der Waals surface area contributed by atoms with Gasteiger partial charge in [0.1, 0.15) is 0 Å². The molecule has 1 rings (SSSR count). The van der Waals surface area contributed by atoms with E-state index in [0.717, 1.165) is 51.3 Å². The lowest BCUT2D eigenvalue weighted by Crippen LogP contribution is -2.45. The van der Waals surface area contributed by atoms with E-state index >= 15 is 0 Å². The summed E-state index contributed by atoms with van der Waals surface area (Å²) in [6.45, 7) is 11.1. The first-order valence-electron chi connectivity index (χ1n) is 7.88. The Morgan fingerprint density at radius 1 is 1.20 bits per heavy atom. The van der Waals surface area contributed by atoms with E-state index in [9.17, 15) is 5.11 Å². The van der Waals surface area contributed by atoms with Crippen LogP contribution in [-0.2, 0) is 0 Å². The Balaban J connectivity index is 2.35. The smallest absolute Gasteiger partial charge is 0.191 e. The van der Waals surface area contributed by atoms with E-state index in [1.165, 1.54) is 0 Å². The second-order valence-corrected chi connectivity index (χ2v) is 6.59. The lowest BCUT2D eigenvalue weighted by Gasteiger charge is -2.27. The fraction of sp³-hybridized carbons (Fsp3) is 0.933. The van der Waals surface area contributed by atoms with Crippen molar-refractivity contribution in [2.45, 2.75) is 71.1 Å². The average molecular weight is 284 g/mol. The van der Waals surface area contributed by atoms with Gasteiger partial charge in [0.05, 0.1) is 12.6 Å². The van der Waals surface area contributed by atoms with Crippen molar-refractivity contribution in [3.63, 3.8) is 0 Å². The predicted octanol–water partition coefficient (Wildman–Crippen LogP) is 1.23. The maximum Gasteiger partial charge on any atom is 0.191 e. The minimum absolute atomic E-state index is 0.108. The fourth-order valence-electron chi connectivity index (χ4n) is 2.33. The molecule has 20 heavy (non-hydrogen) atoms. The highest BCUT2D eigenvalue weighted by Gasteiger charge is 2.19. The monoisotopic (exact) mass is 284 g/mol. The molecule has 1 aliphatic rings. The number of nitrogens with one attached hydrogen (secondary N) is 3. The van der Waals surface area contributed by atoms with Crippen LogP contribution in [0.25, 0.3) is 0 Å². The molecule has 0 aromatic rings. The lowest BCUT2D eigenvalue weighted by molar-refractivity contribution is 0.120. The number of aliphatic hydroxyl groups excluding tert-OH is 1. The Kier molecular flexibility index (Phi) is 7.30. The molecule has 5 heteroatoms. The van der Waals surface area contributed by atoms with Crippen molar-refractivity contribution >= 4 is 5.96 Å². The summed E-state index contributed by atoms with van der Waals surface area (Å²) in [5.41, 5.74) is 0.140. The van der Waals surface area contributed by atoms with E-state index in [-0.39, 0.29) is 11.6 Å². The summed E-state index contributed by atoms with van der Waals surface area (Å²) < 4.78 is 0. The third-order valence-electron chi connectivity index (χ3n) is 3.42. The van der Waals surface area contributed by atoms with Gasteiger partial charge < -0.3 is 21.1 Å². The third kappa shape index (κ3) is 7.70. The summed E-state index contributed by atoms with van der Waals surface area (Å²) >= 11 is 0. The largest absolute Gasteiger partial charge is 0.393 e. The molecule has 0 aromatic carbocycles. The van der Waals surface area contributed by atoms with Crippen molar-refractivity contribution in [3.8, 4) is 0 Å². The molecule has 1 fully saturated rings.